The lowest BCUT2D eigenvalue weighted by molar-refractivity contribution is -0.137. The van der Waals surface area contributed by atoms with Crippen molar-refractivity contribution in [3.63, 3.8) is 0 Å². The first-order valence-electron chi connectivity index (χ1n) is 8.05. The van der Waals surface area contributed by atoms with Gasteiger partial charge in [-0.05, 0) is 35.9 Å². The molecular weight excluding hydrogens is 416 g/mol. The molecule has 0 fully saturated rings. The van der Waals surface area contributed by atoms with Crippen molar-refractivity contribution >= 4 is 40.1 Å². The number of hydrogen-bond acceptors (Lipinski definition) is 2. The zero-order valence-electron chi connectivity index (χ0n) is 14.2. The van der Waals surface area contributed by atoms with E-state index in [0.717, 1.165) is 18.2 Å². The van der Waals surface area contributed by atoms with Crippen LogP contribution in [-0.2, 0) is 23.9 Å². The number of alkyl halides is 3. The Hall–Kier alpha value is -2.51. The summed E-state index contributed by atoms with van der Waals surface area (Å²) in [5.74, 6) is -1.15. The van der Waals surface area contributed by atoms with Crippen molar-refractivity contribution in [3.8, 4) is 0 Å². The van der Waals surface area contributed by atoms with Gasteiger partial charge in [0.25, 0.3) is 0 Å². The summed E-state index contributed by atoms with van der Waals surface area (Å²) >= 11 is 12.1. The van der Waals surface area contributed by atoms with Crippen LogP contribution in [-0.4, -0.2) is 20.9 Å². The third-order valence-electron chi connectivity index (χ3n) is 4.06. The minimum atomic E-state index is -4.50. The maximum absolute atomic E-state index is 13.1. The van der Waals surface area contributed by atoms with Gasteiger partial charge in [0.1, 0.15) is 0 Å². The molecule has 0 saturated carbocycles. The summed E-state index contributed by atoms with van der Waals surface area (Å²) in [6, 6.07) is 8.30. The second kappa shape index (κ2) is 7.85. The van der Waals surface area contributed by atoms with Crippen molar-refractivity contribution in [2.24, 2.45) is 0 Å². The number of carboxylic acids is 1. The van der Waals surface area contributed by atoms with Crippen LogP contribution in [0.5, 0.6) is 0 Å². The van der Waals surface area contributed by atoms with Crippen LogP contribution in [0.25, 0.3) is 10.9 Å². The van der Waals surface area contributed by atoms with Crippen LogP contribution in [0.1, 0.15) is 16.8 Å². The van der Waals surface area contributed by atoms with E-state index in [1.165, 1.54) is 16.8 Å². The number of carbonyl (C=O) groups is 1. The molecule has 28 heavy (non-hydrogen) atoms. The molecule has 0 aliphatic rings. The molecule has 0 amide bonds. The van der Waals surface area contributed by atoms with Gasteiger partial charge < -0.3 is 5.11 Å². The quantitative estimate of drug-likeness (QED) is 0.538. The van der Waals surface area contributed by atoms with Gasteiger partial charge in [-0.2, -0.15) is 18.3 Å². The molecule has 0 unspecified atom stereocenters. The number of benzene rings is 2. The largest absolute Gasteiger partial charge is 0.478 e. The monoisotopic (exact) mass is 428 g/mol. The Bertz CT molecular complexity index is 1070. The number of rotatable bonds is 5. The predicted octanol–water partition coefficient (Wildman–Crippen LogP) is 5.59. The fourth-order valence-electron chi connectivity index (χ4n) is 2.78. The Morgan fingerprint density at radius 1 is 1.18 bits per heavy atom. The van der Waals surface area contributed by atoms with E-state index in [9.17, 15) is 18.0 Å². The fourth-order valence-corrected chi connectivity index (χ4v) is 3.24. The van der Waals surface area contributed by atoms with E-state index in [0.29, 0.717) is 32.2 Å². The molecule has 1 heterocycles. The Balaban J connectivity index is 2.07. The number of halogens is 5. The highest BCUT2D eigenvalue weighted by atomic mass is 35.5. The number of fused-ring (bicyclic) bond motifs is 1. The third-order valence-corrected chi connectivity index (χ3v) is 4.65. The molecule has 4 nitrogen and oxygen atoms in total. The second-order valence-electron chi connectivity index (χ2n) is 6.01. The molecule has 0 spiro atoms. The molecule has 9 heteroatoms. The van der Waals surface area contributed by atoms with Crippen LogP contribution in [0, 0.1) is 0 Å². The summed E-state index contributed by atoms with van der Waals surface area (Å²) in [6.45, 7) is 0.223. The Morgan fingerprint density at radius 2 is 1.93 bits per heavy atom. The van der Waals surface area contributed by atoms with E-state index >= 15 is 0 Å². The Morgan fingerprint density at radius 3 is 2.57 bits per heavy atom. The Kier molecular flexibility index (Phi) is 5.67. The number of aliphatic carboxylic acids is 1. The molecule has 3 aromatic rings. The number of carboxylic acid groups (broad SMARTS) is 1. The van der Waals surface area contributed by atoms with Gasteiger partial charge in [0.2, 0.25) is 0 Å². The average molecular weight is 429 g/mol. The zero-order chi connectivity index (χ0) is 20.5. The maximum Gasteiger partial charge on any atom is 0.416 e. The van der Waals surface area contributed by atoms with Crippen LogP contribution in [0.4, 0.5) is 13.2 Å². The first-order chi connectivity index (χ1) is 13.1. The topological polar surface area (TPSA) is 55.1 Å². The van der Waals surface area contributed by atoms with E-state index in [2.05, 4.69) is 5.10 Å². The maximum atomic E-state index is 13.1. The van der Waals surface area contributed by atoms with Crippen LogP contribution in [0.3, 0.4) is 0 Å². The summed E-state index contributed by atoms with van der Waals surface area (Å²) in [4.78, 5) is 10.7. The molecule has 3 rings (SSSR count). The zero-order valence-corrected chi connectivity index (χ0v) is 15.7. The van der Waals surface area contributed by atoms with Crippen molar-refractivity contribution < 1.29 is 23.1 Å². The number of hydrogen-bond donors (Lipinski definition) is 1. The average Bonchev–Trinajstić information content (AvgIpc) is 2.93. The van der Waals surface area contributed by atoms with E-state index in [4.69, 9.17) is 28.3 Å². The van der Waals surface area contributed by atoms with Gasteiger partial charge in [0.15, 0.2) is 0 Å². The highest BCUT2D eigenvalue weighted by molar-refractivity contribution is 6.35. The fraction of sp³-hybridized carbons (Fsp3) is 0.158. The number of allylic oxidation sites excluding steroid dienone is 1. The minimum Gasteiger partial charge on any atom is -0.478 e. The van der Waals surface area contributed by atoms with Gasteiger partial charge in [0.05, 0.1) is 23.3 Å². The molecule has 0 bridgehead atoms. The smallest absolute Gasteiger partial charge is 0.416 e. The molecule has 2 aromatic carbocycles. The van der Waals surface area contributed by atoms with Gasteiger partial charge in [-0.1, -0.05) is 35.3 Å². The number of aromatic nitrogens is 2. The minimum absolute atomic E-state index is 0.0749. The van der Waals surface area contributed by atoms with Crippen molar-refractivity contribution in [2.75, 3.05) is 0 Å². The Labute approximate surface area is 167 Å². The molecule has 0 atom stereocenters. The highest BCUT2D eigenvalue weighted by Crippen LogP contribution is 2.33. The third kappa shape index (κ3) is 4.48. The lowest BCUT2D eigenvalue weighted by atomic mass is 10.1. The van der Waals surface area contributed by atoms with Crippen molar-refractivity contribution in [3.05, 3.63) is 75.4 Å². The predicted molar refractivity (Wildman–Crippen MR) is 101 cm³/mol. The van der Waals surface area contributed by atoms with Crippen molar-refractivity contribution in [2.45, 2.75) is 19.1 Å². The lowest BCUT2D eigenvalue weighted by Crippen LogP contribution is -2.05. The van der Waals surface area contributed by atoms with Crippen molar-refractivity contribution in [1.29, 1.82) is 0 Å². The molecule has 0 aliphatic heterocycles. The summed E-state index contributed by atoms with van der Waals surface area (Å²) in [7, 11) is 0. The van der Waals surface area contributed by atoms with Gasteiger partial charge in [0, 0.05) is 27.9 Å². The molecule has 1 N–H and O–H groups in total. The van der Waals surface area contributed by atoms with Crippen LogP contribution >= 0.6 is 23.2 Å². The lowest BCUT2D eigenvalue weighted by Gasteiger charge is -2.08. The standard InChI is InChI=1S/C19H13Cl2F3N2O2/c20-13-6-4-11(15(21)9-13)10-26-17-7-5-12(19(22,23)24)8-14(17)16(25-26)2-1-3-18(27)28/h1,3-9H,2,10H2,(H,27,28). The van der Waals surface area contributed by atoms with Gasteiger partial charge in [-0.3, -0.25) is 4.68 Å². The van der Waals surface area contributed by atoms with Crippen LogP contribution < -0.4 is 0 Å². The molecule has 0 aliphatic carbocycles. The molecule has 0 radical (unpaired) electrons. The second-order valence-corrected chi connectivity index (χ2v) is 6.86. The summed E-state index contributed by atoms with van der Waals surface area (Å²) in [5, 5.41) is 14.3. The van der Waals surface area contributed by atoms with Crippen LogP contribution in [0.2, 0.25) is 10.0 Å². The summed E-state index contributed by atoms with van der Waals surface area (Å²) in [6.07, 6.45) is -2.16. The van der Waals surface area contributed by atoms with E-state index in [1.54, 1.807) is 18.2 Å². The first-order valence-corrected chi connectivity index (χ1v) is 8.81. The van der Waals surface area contributed by atoms with Crippen molar-refractivity contribution in [1.82, 2.24) is 9.78 Å². The van der Waals surface area contributed by atoms with E-state index in [1.807, 2.05) is 0 Å². The van der Waals surface area contributed by atoms with Gasteiger partial charge in [-0.25, -0.2) is 4.79 Å². The highest BCUT2D eigenvalue weighted by Gasteiger charge is 2.31. The van der Waals surface area contributed by atoms with Crippen LogP contribution in [0.15, 0.2) is 48.6 Å². The summed E-state index contributed by atoms with van der Waals surface area (Å²) < 4.78 is 40.8. The van der Waals surface area contributed by atoms with Gasteiger partial charge >= 0.3 is 12.1 Å². The van der Waals surface area contributed by atoms with E-state index < -0.39 is 17.7 Å². The molecular formula is C19H13Cl2F3N2O2. The first kappa shape index (κ1) is 20.2. The molecule has 146 valence electrons. The SMILES string of the molecule is O=C(O)C=CCc1nn(Cc2ccc(Cl)cc2Cl)c2ccc(C(F)(F)F)cc12. The van der Waals surface area contributed by atoms with E-state index in [-0.39, 0.29) is 13.0 Å². The number of nitrogens with zero attached hydrogens (tertiary/aromatic N) is 2. The van der Waals surface area contributed by atoms with Gasteiger partial charge in [-0.15, -0.1) is 0 Å². The summed E-state index contributed by atoms with van der Waals surface area (Å²) in [5.41, 5.74) is 0.719. The normalized spacial score (nSPS) is 12.2. The molecule has 1 aromatic heterocycles. The molecule has 0 saturated heterocycles.